The summed E-state index contributed by atoms with van der Waals surface area (Å²) in [6, 6.07) is 8.34. The number of carbonyl (C=O) groups excluding carboxylic acids is 1. The third kappa shape index (κ3) is 3.82. The van der Waals surface area contributed by atoms with Gasteiger partial charge in [0, 0.05) is 17.9 Å². The standard InChI is InChI=1S/C18H19N3O3S/c1-11-9-12(2)20-18(19-11)25-10-15(22)21-8-7-13-5-3-4-6-14(13)16(21)17(23)24/h3-6,9,16H,7-8,10H2,1-2H3,(H,23,24). The molecular formula is C18H19N3O3S. The first-order valence-corrected chi connectivity index (χ1v) is 8.99. The molecule has 1 aromatic heterocycles. The molecule has 7 heteroatoms. The number of carboxylic acid groups (broad SMARTS) is 1. The molecule has 1 aromatic carbocycles. The maximum absolute atomic E-state index is 12.7. The smallest absolute Gasteiger partial charge is 0.331 e. The van der Waals surface area contributed by atoms with Crippen LogP contribution in [0.2, 0.25) is 0 Å². The van der Waals surface area contributed by atoms with Crippen molar-refractivity contribution in [2.24, 2.45) is 0 Å². The predicted molar refractivity (Wildman–Crippen MR) is 94.5 cm³/mol. The molecule has 0 saturated carbocycles. The van der Waals surface area contributed by atoms with Gasteiger partial charge < -0.3 is 10.0 Å². The van der Waals surface area contributed by atoms with Crippen molar-refractivity contribution in [3.8, 4) is 0 Å². The summed E-state index contributed by atoms with van der Waals surface area (Å²) in [7, 11) is 0. The number of thioether (sulfide) groups is 1. The van der Waals surface area contributed by atoms with E-state index in [-0.39, 0.29) is 11.7 Å². The summed E-state index contributed by atoms with van der Waals surface area (Å²) in [6.45, 7) is 4.16. The van der Waals surface area contributed by atoms with E-state index in [0.29, 0.717) is 23.7 Å². The number of carboxylic acids is 1. The average molecular weight is 357 g/mol. The van der Waals surface area contributed by atoms with Gasteiger partial charge in [-0.2, -0.15) is 0 Å². The molecule has 3 rings (SSSR count). The van der Waals surface area contributed by atoms with E-state index in [1.54, 1.807) is 12.1 Å². The second-order valence-corrected chi connectivity index (χ2v) is 6.94. The summed E-state index contributed by atoms with van der Waals surface area (Å²) in [5.41, 5.74) is 3.38. The number of fused-ring (bicyclic) bond motifs is 1. The van der Waals surface area contributed by atoms with Crippen LogP contribution < -0.4 is 0 Å². The summed E-state index contributed by atoms with van der Waals surface area (Å²) >= 11 is 1.24. The molecule has 25 heavy (non-hydrogen) atoms. The quantitative estimate of drug-likeness (QED) is 0.668. The lowest BCUT2D eigenvalue weighted by molar-refractivity contribution is -0.150. The fourth-order valence-electron chi connectivity index (χ4n) is 3.07. The van der Waals surface area contributed by atoms with Gasteiger partial charge in [0.15, 0.2) is 11.2 Å². The lowest BCUT2D eigenvalue weighted by atomic mass is 9.92. The minimum absolute atomic E-state index is 0.120. The molecule has 1 atom stereocenters. The second kappa shape index (κ2) is 7.23. The fraction of sp³-hybridized carbons (Fsp3) is 0.333. The molecule has 6 nitrogen and oxygen atoms in total. The molecule has 0 fully saturated rings. The van der Waals surface area contributed by atoms with Crippen LogP contribution in [0.4, 0.5) is 0 Å². The number of amides is 1. The highest BCUT2D eigenvalue weighted by molar-refractivity contribution is 7.99. The summed E-state index contributed by atoms with van der Waals surface area (Å²) in [4.78, 5) is 34.5. The molecule has 0 saturated heterocycles. The number of nitrogens with zero attached hydrogens (tertiary/aromatic N) is 3. The Bertz CT molecular complexity index is 805. The first-order valence-electron chi connectivity index (χ1n) is 8.01. The van der Waals surface area contributed by atoms with E-state index < -0.39 is 12.0 Å². The van der Waals surface area contributed by atoms with Crippen molar-refractivity contribution < 1.29 is 14.7 Å². The van der Waals surface area contributed by atoms with Crippen molar-refractivity contribution in [2.45, 2.75) is 31.5 Å². The van der Waals surface area contributed by atoms with E-state index in [9.17, 15) is 14.7 Å². The van der Waals surface area contributed by atoms with Gasteiger partial charge in [-0.3, -0.25) is 4.79 Å². The van der Waals surface area contributed by atoms with E-state index >= 15 is 0 Å². The zero-order valence-electron chi connectivity index (χ0n) is 14.1. The highest BCUT2D eigenvalue weighted by atomic mass is 32.2. The van der Waals surface area contributed by atoms with Crippen LogP contribution in [0, 0.1) is 13.8 Å². The number of hydrogen-bond acceptors (Lipinski definition) is 5. The van der Waals surface area contributed by atoms with E-state index in [2.05, 4.69) is 9.97 Å². The first-order chi connectivity index (χ1) is 12.0. The Morgan fingerprint density at radius 1 is 1.24 bits per heavy atom. The molecular weight excluding hydrogens is 338 g/mol. The van der Waals surface area contributed by atoms with Crippen molar-refractivity contribution in [3.05, 3.63) is 52.8 Å². The maximum Gasteiger partial charge on any atom is 0.331 e. The number of hydrogen-bond donors (Lipinski definition) is 1. The van der Waals surface area contributed by atoms with Crippen molar-refractivity contribution in [3.63, 3.8) is 0 Å². The number of aliphatic carboxylic acids is 1. The third-order valence-electron chi connectivity index (χ3n) is 4.12. The molecule has 1 N–H and O–H groups in total. The summed E-state index contributed by atoms with van der Waals surface area (Å²) in [5.74, 6) is -1.10. The minimum Gasteiger partial charge on any atom is -0.479 e. The molecule has 0 aliphatic carbocycles. The fourth-order valence-corrected chi connectivity index (χ4v) is 3.90. The monoisotopic (exact) mass is 357 g/mol. The van der Waals surface area contributed by atoms with Crippen molar-refractivity contribution in [1.29, 1.82) is 0 Å². The molecule has 1 unspecified atom stereocenters. The SMILES string of the molecule is Cc1cc(C)nc(SCC(=O)N2CCc3ccccc3C2C(=O)O)n1. The lowest BCUT2D eigenvalue weighted by Crippen LogP contribution is -2.44. The number of rotatable bonds is 4. The van der Waals surface area contributed by atoms with E-state index in [4.69, 9.17) is 0 Å². The molecule has 2 heterocycles. The zero-order chi connectivity index (χ0) is 18.0. The molecule has 1 aliphatic rings. The number of aromatic nitrogens is 2. The van der Waals surface area contributed by atoms with Gasteiger partial charge in [0.25, 0.3) is 0 Å². The number of carbonyl (C=O) groups is 2. The number of benzene rings is 1. The molecule has 2 aromatic rings. The van der Waals surface area contributed by atoms with E-state index in [0.717, 1.165) is 17.0 Å². The van der Waals surface area contributed by atoms with Gasteiger partial charge >= 0.3 is 5.97 Å². The number of aryl methyl sites for hydroxylation is 2. The molecule has 1 amide bonds. The molecule has 0 bridgehead atoms. The van der Waals surface area contributed by atoms with Crippen LogP contribution in [0.1, 0.15) is 28.6 Å². The van der Waals surface area contributed by atoms with Crippen LogP contribution in [0.25, 0.3) is 0 Å². The highest BCUT2D eigenvalue weighted by Crippen LogP contribution is 2.30. The largest absolute Gasteiger partial charge is 0.479 e. The molecule has 0 radical (unpaired) electrons. The molecule has 1 aliphatic heterocycles. The van der Waals surface area contributed by atoms with Gasteiger partial charge in [0.2, 0.25) is 5.91 Å². The van der Waals surface area contributed by atoms with Crippen molar-refractivity contribution >= 4 is 23.6 Å². The normalized spacial score (nSPS) is 16.4. The van der Waals surface area contributed by atoms with Crippen LogP contribution in [0.3, 0.4) is 0 Å². The van der Waals surface area contributed by atoms with Crippen LogP contribution >= 0.6 is 11.8 Å². The van der Waals surface area contributed by atoms with Gasteiger partial charge in [-0.1, -0.05) is 36.0 Å². The van der Waals surface area contributed by atoms with Crippen LogP contribution in [-0.4, -0.2) is 44.1 Å². The van der Waals surface area contributed by atoms with Gasteiger partial charge in [0.05, 0.1) is 5.75 Å². The van der Waals surface area contributed by atoms with Crippen molar-refractivity contribution in [2.75, 3.05) is 12.3 Å². The summed E-state index contributed by atoms with van der Waals surface area (Å²) in [5, 5.41) is 10.2. The Morgan fingerprint density at radius 3 is 2.60 bits per heavy atom. The van der Waals surface area contributed by atoms with E-state index in [1.165, 1.54) is 16.7 Å². The predicted octanol–water partition coefficient (Wildman–Crippen LogP) is 2.40. The minimum atomic E-state index is -1.01. The highest BCUT2D eigenvalue weighted by Gasteiger charge is 2.35. The van der Waals surface area contributed by atoms with Crippen LogP contribution in [0.15, 0.2) is 35.5 Å². The van der Waals surface area contributed by atoms with Crippen molar-refractivity contribution in [1.82, 2.24) is 14.9 Å². The van der Waals surface area contributed by atoms with Crippen LogP contribution in [0.5, 0.6) is 0 Å². The van der Waals surface area contributed by atoms with Gasteiger partial charge in [-0.25, -0.2) is 14.8 Å². The van der Waals surface area contributed by atoms with Gasteiger partial charge in [0.1, 0.15) is 0 Å². The maximum atomic E-state index is 12.7. The van der Waals surface area contributed by atoms with Crippen LogP contribution in [-0.2, 0) is 16.0 Å². The first kappa shape index (κ1) is 17.4. The summed E-state index contributed by atoms with van der Waals surface area (Å²) in [6.07, 6.45) is 0.663. The Hall–Kier alpha value is -2.41. The van der Waals surface area contributed by atoms with Gasteiger partial charge in [-0.05, 0) is 37.5 Å². The average Bonchev–Trinajstić information content (AvgIpc) is 2.57. The second-order valence-electron chi connectivity index (χ2n) is 6.00. The Morgan fingerprint density at radius 2 is 1.92 bits per heavy atom. The lowest BCUT2D eigenvalue weighted by Gasteiger charge is -2.34. The summed E-state index contributed by atoms with van der Waals surface area (Å²) < 4.78 is 0. The van der Waals surface area contributed by atoms with Gasteiger partial charge in [-0.15, -0.1) is 0 Å². The Balaban J connectivity index is 1.76. The third-order valence-corrected chi connectivity index (χ3v) is 4.96. The topological polar surface area (TPSA) is 83.4 Å². The Labute approximate surface area is 150 Å². The Kier molecular flexibility index (Phi) is 5.03. The molecule has 0 spiro atoms. The zero-order valence-corrected chi connectivity index (χ0v) is 14.9. The van der Waals surface area contributed by atoms with E-state index in [1.807, 2.05) is 32.0 Å². The molecule has 130 valence electrons.